The zero-order valence-corrected chi connectivity index (χ0v) is 12.6. The molecular weight excluding hydrogens is 274 g/mol. The summed E-state index contributed by atoms with van der Waals surface area (Å²) in [7, 11) is 0. The summed E-state index contributed by atoms with van der Waals surface area (Å²) < 4.78 is 0.529. The molecule has 7 nitrogen and oxygen atoms in total. The van der Waals surface area contributed by atoms with Crippen LogP contribution in [0.2, 0.25) is 0 Å². The fraction of sp³-hybridized carbons (Fsp3) is 0.429. The van der Waals surface area contributed by atoms with Gasteiger partial charge < -0.3 is 5.11 Å². The van der Waals surface area contributed by atoms with E-state index >= 15 is 0 Å². The van der Waals surface area contributed by atoms with E-state index in [0.717, 1.165) is 13.0 Å². The fourth-order valence-electron chi connectivity index (χ4n) is 1.73. The van der Waals surface area contributed by atoms with Crippen LogP contribution in [0.5, 0.6) is 5.88 Å². The molecule has 0 bridgehead atoms. The van der Waals surface area contributed by atoms with Crippen molar-refractivity contribution in [3.63, 3.8) is 0 Å². The number of nitrogens with zero attached hydrogens (tertiary/aromatic N) is 3. The Bertz CT molecular complexity index is 705. The van der Waals surface area contributed by atoms with Crippen LogP contribution in [0.3, 0.4) is 0 Å². The van der Waals surface area contributed by atoms with Crippen LogP contribution in [0.25, 0.3) is 0 Å². The first kappa shape index (κ1) is 16.4. The number of aromatic nitrogens is 1. The molecule has 0 saturated heterocycles. The molecule has 21 heavy (non-hydrogen) atoms. The molecule has 0 aliphatic heterocycles. The third kappa shape index (κ3) is 2.94. The first-order valence-corrected chi connectivity index (χ1v) is 6.23. The van der Waals surface area contributed by atoms with Crippen molar-refractivity contribution in [2.45, 2.75) is 34.6 Å². The average Bonchev–Trinajstić information content (AvgIpc) is 2.32. The SMILES string of the molecule is CC(=O)N(C(=O)C(C)(C)C)n1c(O)c(C#N)c(C)cc1=O. The van der Waals surface area contributed by atoms with Gasteiger partial charge in [0.05, 0.1) is 0 Å². The molecule has 0 aliphatic carbocycles. The number of hydrogen-bond donors (Lipinski definition) is 1. The van der Waals surface area contributed by atoms with Crippen molar-refractivity contribution >= 4 is 11.8 Å². The standard InChI is InChI=1S/C14H17N3O4/c1-8-6-11(19)17(12(20)10(8)7-15)16(9(2)18)13(21)14(3,4)5/h6,20H,1-5H3. The van der Waals surface area contributed by atoms with Crippen LogP contribution in [-0.4, -0.2) is 21.6 Å². The van der Waals surface area contributed by atoms with Crippen LogP contribution >= 0.6 is 0 Å². The maximum atomic E-state index is 12.3. The van der Waals surface area contributed by atoms with Crippen molar-refractivity contribution in [3.05, 3.63) is 27.5 Å². The predicted octanol–water partition coefficient (Wildman–Crippen LogP) is 0.791. The van der Waals surface area contributed by atoms with Gasteiger partial charge in [0.25, 0.3) is 11.5 Å². The summed E-state index contributed by atoms with van der Waals surface area (Å²) in [5, 5.41) is 19.7. The molecule has 1 aromatic heterocycles. The van der Waals surface area contributed by atoms with Gasteiger partial charge in [0.15, 0.2) is 0 Å². The smallest absolute Gasteiger partial charge is 0.273 e. The maximum absolute atomic E-state index is 12.3. The number of aromatic hydroxyl groups is 1. The van der Waals surface area contributed by atoms with Gasteiger partial charge in [0.1, 0.15) is 11.6 Å². The van der Waals surface area contributed by atoms with E-state index in [1.165, 1.54) is 6.92 Å². The lowest BCUT2D eigenvalue weighted by Gasteiger charge is -2.28. The number of hydrogen-bond acceptors (Lipinski definition) is 5. The Kier molecular flexibility index (Phi) is 4.23. The second-order valence-corrected chi connectivity index (χ2v) is 5.67. The zero-order chi connectivity index (χ0) is 16.5. The number of aryl methyl sites for hydroxylation is 1. The number of carbonyl (C=O) groups is 2. The number of rotatable bonds is 1. The summed E-state index contributed by atoms with van der Waals surface area (Å²) in [4.78, 5) is 36.2. The Morgan fingerprint density at radius 2 is 1.90 bits per heavy atom. The first-order valence-electron chi connectivity index (χ1n) is 6.23. The Balaban J connectivity index is 3.71. The van der Waals surface area contributed by atoms with Crippen molar-refractivity contribution < 1.29 is 14.7 Å². The van der Waals surface area contributed by atoms with Crippen LogP contribution in [-0.2, 0) is 9.59 Å². The number of amides is 2. The second-order valence-electron chi connectivity index (χ2n) is 5.67. The molecular formula is C14H17N3O4. The molecule has 1 rings (SSSR count). The third-order valence-electron chi connectivity index (χ3n) is 2.81. The molecule has 0 aromatic carbocycles. The van der Waals surface area contributed by atoms with Crippen LogP contribution < -0.4 is 10.6 Å². The summed E-state index contributed by atoms with van der Waals surface area (Å²) in [6, 6.07) is 2.83. The normalized spacial score (nSPS) is 10.9. The zero-order valence-electron chi connectivity index (χ0n) is 12.6. The molecule has 0 radical (unpaired) electrons. The molecule has 0 unspecified atom stereocenters. The van der Waals surface area contributed by atoms with E-state index in [1.807, 2.05) is 0 Å². The van der Waals surface area contributed by atoms with Gasteiger partial charge in [-0.15, -0.1) is 0 Å². The maximum Gasteiger partial charge on any atom is 0.273 e. The van der Waals surface area contributed by atoms with Crippen molar-refractivity contribution in [1.82, 2.24) is 4.68 Å². The third-order valence-corrected chi connectivity index (χ3v) is 2.81. The van der Waals surface area contributed by atoms with E-state index in [0.29, 0.717) is 9.69 Å². The Labute approximate surface area is 122 Å². The van der Waals surface area contributed by atoms with Crippen LogP contribution in [0.1, 0.15) is 38.8 Å². The molecule has 0 atom stereocenters. The Hall–Kier alpha value is -2.62. The van der Waals surface area contributed by atoms with Gasteiger partial charge in [-0.1, -0.05) is 20.8 Å². The molecule has 0 spiro atoms. The van der Waals surface area contributed by atoms with Gasteiger partial charge in [0, 0.05) is 18.4 Å². The molecule has 1 N–H and O–H groups in total. The summed E-state index contributed by atoms with van der Waals surface area (Å²) in [6.07, 6.45) is 0. The minimum absolute atomic E-state index is 0.164. The molecule has 0 saturated carbocycles. The van der Waals surface area contributed by atoms with E-state index in [4.69, 9.17) is 5.26 Å². The molecule has 112 valence electrons. The minimum atomic E-state index is -0.949. The molecule has 1 heterocycles. The number of carbonyl (C=O) groups excluding carboxylic acids is 2. The summed E-state index contributed by atoms with van der Waals surface area (Å²) in [6.45, 7) is 7.31. The molecule has 0 aliphatic rings. The molecule has 2 amide bonds. The van der Waals surface area contributed by atoms with E-state index in [1.54, 1.807) is 26.8 Å². The van der Waals surface area contributed by atoms with Gasteiger partial charge in [-0.25, -0.2) is 0 Å². The lowest BCUT2D eigenvalue weighted by atomic mass is 9.95. The lowest BCUT2D eigenvalue weighted by molar-refractivity contribution is -0.133. The fourth-order valence-corrected chi connectivity index (χ4v) is 1.73. The average molecular weight is 291 g/mol. The topological polar surface area (TPSA) is 103 Å². The van der Waals surface area contributed by atoms with Gasteiger partial charge in [0.2, 0.25) is 11.8 Å². The van der Waals surface area contributed by atoms with Gasteiger partial charge in [-0.05, 0) is 12.5 Å². The minimum Gasteiger partial charge on any atom is -0.492 e. The van der Waals surface area contributed by atoms with Gasteiger partial charge in [-0.2, -0.15) is 14.9 Å². The van der Waals surface area contributed by atoms with Crippen LogP contribution in [0.15, 0.2) is 10.9 Å². The highest BCUT2D eigenvalue weighted by Crippen LogP contribution is 2.22. The highest BCUT2D eigenvalue weighted by molar-refractivity contribution is 6.09. The van der Waals surface area contributed by atoms with Crippen molar-refractivity contribution in [2.24, 2.45) is 5.41 Å². The predicted molar refractivity (Wildman–Crippen MR) is 75.2 cm³/mol. The Morgan fingerprint density at radius 3 is 2.29 bits per heavy atom. The summed E-state index contributed by atoms with van der Waals surface area (Å²) in [5.74, 6) is -2.13. The van der Waals surface area contributed by atoms with Gasteiger partial charge in [-0.3, -0.25) is 14.4 Å². The van der Waals surface area contributed by atoms with Crippen molar-refractivity contribution in [1.29, 1.82) is 5.26 Å². The molecule has 1 aromatic rings. The number of nitriles is 1. The highest BCUT2D eigenvalue weighted by atomic mass is 16.3. The second kappa shape index (κ2) is 5.40. The quantitative estimate of drug-likeness (QED) is 0.824. The largest absolute Gasteiger partial charge is 0.492 e. The molecule has 7 heteroatoms. The molecule has 0 fully saturated rings. The van der Waals surface area contributed by atoms with Crippen molar-refractivity contribution in [2.75, 3.05) is 5.01 Å². The van der Waals surface area contributed by atoms with E-state index in [2.05, 4.69) is 0 Å². The van der Waals surface area contributed by atoms with E-state index < -0.39 is 28.7 Å². The number of pyridine rings is 1. The van der Waals surface area contributed by atoms with E-state index in [-0.39, 0.29) is 11.1 Å². The lowest BCUT2D eigenvalue weighted by Crippen LogP contribution is -2.53. The number of imide groups is 1. The monoisotopic (exact) mass is 291 g/mol. The Morgan fingerprint density at radius 1 is 1.38 bits per heavy atom. The van der Waals surface area contributed by atoms with E-state index in [9.17, 15) is 19.5 Å². The van der Waals surface area contributed by atoms with Crippen LogP contribution in [0.4, 0.5) is 0 Å². The summed E-state index contributed by atoms with van der Waals surface area (Å²) in [5.41, 5.74) is -1.61. The van der Waals surface area contributed by atoms with Gasteiger partial charge >= 0.3 is 0 Å². The highest BCUT2D eigenvalue weighted by Gasteiger charge is 2.33. The first-order chi connectivity index (χ1) is 9.52. The van der Waals surface area contributed by atoms with Crippen molar-refractivity contribution in [3.8, 4) is 11.9 Å². The summed E-state index contributed by atoms with van der Waals surface area (Å²) >= 11 is 0. The van der Waals surface area contributed by atoms with Crippen LogP contribution in [0, 0.1) is 23.7 Å².